The molecule has 0 aromatic rings. The molecule has 0 saturated heterocycles. The molecule has 0 aromatic carbocycles. The van der Waals surface area contributed by atoms with Gasteiger partial charge in [0, 0.05) is 14.1 Å². The summed E-state index contributed by atoms with van der Waals surface area (Å²) in [5, 5.41) is 0. The van der Waals surface area contributed by atoms with Crippen LogP contribution >= 0.6 is 0 Å². The van der Waals surface area contributed by atoms with E-state index in [9.17, 15) is 0 Å². The Labute approximate surface area is 62.0 Å². The molecule has 3 nitrogen and oxygen atoms in total. The van der Waals surface area contributed by atoms with E-state index in [0.717, 1.165) is 11.4 Å². The summed E-state index contributed by atoms with van der Waals surface area (Å²) >= 11 is 0. The number of nitrogens with two attached hydrogens (primary N) is 2. The first-order valence-corrected chi connectivity index (χ1v) is 3.11. The molecule has 0 atom stereocenters. The van der Waals surface area contributed by atoms with Crippen molar-refractivity contribution in [2.75, 3.05) is 14.1 Å². The van der Waals surface area contributed by atoms with Crippen LogP contribution < -0.4 is 11.5 Å². The third-order valence-electron chi connectivity index (χ3n) is 1.23. The van der Waals surface area contributed by atoms with E-state index in [4.69, 9.17) is 11.5 Å². The highest BCUT2D eigenvalue weighted by Crippen LogP contribution is 2.00. The van der Waals surface area contributed by atoms with E-state index in [1.54, 1.807) is 6.08 Å². The van der Waals surface area contributed by atoms with Crippen LogP contribution in [0.15, 0.2) is 23.7 Å². The predicted octanol–water partition coefficient (Wildman–Crippen LogP) is 0.211. The van der Waals surface area contributed by atoms with Gasteiger partial charge < -0.3 is 16.4 Å². The van der Waals surface area contributed by atoms with Gasteiger partial charge in [0.25, 0.3) is 0 Å². The van der Waals surface area contributed by atoms with Crippen molar-refractivity contribution in [3.8, 4) is 0 Å². The Morgan fingerprint density at radius 1 is 1.40 bits per heavy atom. The number of hydrogen-bond acceptors (Lipinski definition) is 3. The zero-order valence-electron chi connectivity index (χ0n) is 6.76. The zero-order chi connectivity index (χ0) is 8.15. The van der Waals surface area contributed by atoms with Crippen molar-refractivity contribution in [3.05, 3.63) is 23.7 Å². The van der Waals surface area contributed by atoms with Crippen LogP contribution in [0.25, 0.3) is 0 Å². The van der Waals surface area contributed by atoms with Crippen molar-refractivity contribution in [2.45, 2.75) is 6.92 Å². The quantitative estimate of drug-likeness (QED) is 0.540. The van der Waals surface area contributed by atoms with Crippen molar-refractivity contribution in [2.24, 2.45) is 11.5 Å². The Bertz CT molecular complexity index is 156. The fourth-order valence-corrected chi connectivity index (χ4v) is 0.582. The molecule has 0 heterocycles. The minimum atomic E-state index is 0.738. The predicted molar refractivity (Wildman–Crippen MR) is 43.9 cm³/mol. The van der Waals surface area contributed by atoms with Crippen LogP contribution in [0.4, 0.5) is 0 Å². The molecule has 0 spiro atoms. The highest BCUT2D eigenvalue weighted by atomic mass is 15.1. The highest BCUT2D eigenvalue weighted by molar-refractivity contribution is 5.19. The van der Waals surface area contributed by atoms with Crippen molar-refractivity contribution in [3.63, 3.8) is 0 Å². The summed E-state index contributed by atoms with van der Waals surface area (Å²) in [7, 11) is 3.78. The smallest absolute Gasteiger partial charge is 0.101 e. The van der Waals surface area contributed by atoms with Gasteiger partial charge >= 0.3 is 0 Å². The Balaban J connectivity index is 4.34. The fraction of sp³-hybridized carbons (Fsp3) is 0.429. The van der Waals surface area contributed by atoms with E-state index in [0.29, 0.717) is 0 Å². The molecule has 3 heteroatoms. The minimum absolute atomic E-state index is 0.738. The van der Waals surface area contributed by atoms with Gasteiger partial charge in [-0.1, -0.05) is 0 Å². The molecule has 0 bridgehead atoms. The molecule has 0 unspecified atom stereocenters. The van der Waals surface area contributed by atoms with Crippen LogP contribution in [-0.4, -0.2) is 19.0 Å². The fourth-order valence-electron chi connectivity index (χ4n) is 0.582. The standard InChI is InChI=1S/C7H15N3/c1-6(4-5-8)7(9)10(2)3/h4-5H,8-9H2,1-3H3/b5-4-,7-6+. The van der Waals surface area contributed by atoms with E-state index >= 15 is 0 Å². The molecule has 0 rings (SSSR count). The molecular formula is C7H15N3. The van der Waals surface area contributed by atoms with Crippen LogP contribution in [0.1, 0.15) is 6.92 Å². The second-order valence-electron chi connectivity index (χ2n) is 2.32. The van der Waals surface area contributed by atoms with Gasteiger partial charge in [0.1, 0.15) is 5.82 Å². The second-order valence-corrected chi connectivity index (χ2v) is 2.32. The third kappa shape index (κ3) is 2.44. The molecule has 0 saturated carbocycles. The lowest BCUT2D eigenvalue weighted by atomic mass is 10.3. The van der Waals surface area contributed by atoms with Gasteiger partial charge in [0.15, 0.2) is 0 Å². The van der Waals surface area contributed by atoms with Crippen LogP contribution in [0.5, 0.6) is 0 Å². The first-order chi connectivity index (χ1) is 4.59. The van der Waals surface area contributed by atoms with Crippen LogP contribution in [0.3, 0.4) is 0 Å². The molecule has 4 N–H and O–H groups in total. The maximum Gasteiger partial charge on any atom is 0.101 e. The van der Waals surface area contributed by atoms with Gasteiger partial charge in [-0.05, 0) is 24.8 Å². The van der Waals surface area contributed by atoms with Crippen molar-refractivity contribution in [1.29, 1.82) is 0 Å². The van der Waals surface area contributed by atoms with Gasteiger partial charge in [0.2, 0.25) is 0 Å². The Morgan fingerprint density at radius 2 is 1.90 bits per heavy atom. The average molecular weight is 141 g/mol. The van der Waals surface area contributed by atoms with Crippen molar-refractivity contribution < 1.29 is 0 Å². The van der Waals surface area contributed by atoms with Gasteiger partial charge in [0.05, 0.1) is 0 Å². The van der Waals surface area contributed by atoms with E-state index in [1.165, 1.54) is 6.20 Å². The first kappa shape index (κ1) is 8.88. The summed E-state index contributed by atoms with van der Waals surface area (Å²) in [6, 6.07) is 0. The Hall–Kier alpha value is -1.12. The highest BCUT2D eigenvalue weighted by Gasteiger charge is 1.94. The van der Waals surface area contributed by atoms with Crippen LogP contribution in [-0.2, 0) is 0 Å². The van der Waals surface area contributed by atoms with E-state index in [2.05, 4.69) is 0 Å². The summed E-state index contributed by atoms with van der Waals surface area (Å²) in [6.07, 6.45) is 3.25. The summed E-state index contributed by atoms with van der Waals surface area (Å²) in [5.74, 6) is 0.738. The number of allylic oxidation sites excluding steroid dienone is 2. The lowest BCUT2D eigenvalue weighted by Gasteiger charge is -2.13. The molecule has 58 valence electrons. The first-order valence-electron chi connectivity index (χ1n) is 3.11. The summed E-state index contributed by atoms with van der Waals surface area (Å²) in [6.45, 7) is 1.92. The second kappa shape index (κ2) is 3.82. The Kier molecular flexibility index (Phi) is 3.39. The molecule has 10 heavy (non-hydrogen) atoms. The lowest BCUT2D eigenvalue weighted by molar-refractivity contribution is 0.501. The maximum atomic E-state index is 5.64. The van der Waals surface area contributed by atoms with Crippen LogP contribution in [0.2, 0.25) is 0 Å². The third-order valence-corrected chi connectivity index (χ3v) is 1.23. The lowest BCUT2D eigenvalue weighted by Crippen LogP contribution is -2.19. The number of nitrogens with zero attached hydrogens (tertiary/aromatic N) is 1. The topological polar surface area (TPSA) is 55.3 Å². The SMILES string of the molecule is CC(/C=C\N)=C(/N)N(C)C. The summed E-state index contributed by atoms with van der Waals surface area (Å²) in [5.41, 5.74) is 11.8. The normalized spacial score (nSPS) is 13.5. The Morgan fingerprint density at radius 3 is 2.20 bits per heavy atom. The molecule has 0 aliphatic rings. The molecule has 0 amide bonds. The summed E-state index contributed by atoms with van der Waals surface area (Å²) < 4.78 is 0. The average Bonchev–Trinajstić information content (AvgIpc) is 1.87. The molecule has 0 aliphatic carbocycles. The van der Waals surface area contributed by atoms with Gasteiger partial charge in [-0.25, -0.2) is 0 Å². The molecule has 0 radical (unpaired) electrons. The van der Waals surface area contributed by atoms with Gasteiger partial charge in [-0.15, -0.1) is 0 Å². The minimum Gasteiger partial charge on any atom is -0.405 e. The van der Waals surface area contributed by atoms with E-state index in [1.807, 2.05) is 25.9 Å². The summed E-state index contributed by atoms with van der Waals surface area (Å²) in [4.78, 5) is 1.84. The maximum absolute atomic E-state index is 5.64. The van der Waals surface area contributed by atoms with Crippen molar-refractivity contribution >= 4 is 0 Å². The van der Waals surface area contributed by atoms with E-state index in [-0.39, 0.29) is 0 Å². The molecular weight excluding hydrogens is 126 g/mol. The van der Waals surface area contributed by atoms with Gasteiger partial charge in [-0.3, -0.25) is 0 Å². The molecule has 0 fully saturated rings. The number of rotatable bonds is 2. The number of hydrogen-bond donors (Lipinski definition) is 2. The molecule has 0 aliphatic heterocycles. The van der Waals surface area contributed by atoms with Crippen molar-refractivity contribution in [1.82, 2.24) is 4.90 Å². The van der Waals surface area contributed by atoms with Crippen LogP contribution in [0, 0.1) is 0 Å². The monoisotopic (exact) mass is 141 g/mol. The zero-order valence-corrected chi connectivity index (χ0v) is 6.76. The molecule has 0 aromatic heterocycles. The largest absolute Gasteiger partial charge is 0.405 e. The van der Waals surface area contributed by atoms with E-state index < -0.39 is 0 Å². The van der Waals surface area contributed by atoms with Gasteiger partial charge in [-0.2, -0.15) is 0 Å².